The van der Waals surface area contributed by atoms with Crippen LogP contribution in [0.2, 0.25) is 5.02 Å². The number of pyridine rings is 1. The minimum absolute atomic E-state index is 0.0851. The number of anilines is 2. The molecule has 3 aromatic heterocycles. The summed E-state index contributed by atoms with van der Waals surface area (Å²) < 4.78 is 5.24. The summed E-state index contributed by atoms with van der Waals surface area (Å²) in [6, 6.07) is 13.0. The Morgan fingerprint density at radius 3 is 2.69 bits per heavy atom. The number of hydrogen-bond acceptors (Lipinski definition) is 7. The zero-order valence-corrected chi connectivity index (χ0v) is 18.0. The lowest BCUT2D eigenvalue weighted by molar-refractivity contribution is 0.0714. The van der Waals surface area contributed by atoms with E-state index < -0.39 is 0 Å². The van der Waals surface area contributed by atoms with Gasteiger partial charge in [0.05, 0.1) is 17.2 Å². The first-order chi connectivity index (χ1) is 15.7. The van der Waals surface area contributed by atoms with E-state index in [1.54, 1.807) is 29.4 Å². The van der Waals surface area contributed by atoms with Gasteiger partial charge in [-0.05, 0) is 29.8 Å². The molecule has 1 fully saturated rings. The lowest BCUT2D eigenvalue weighted by Crippen LogP contribution is -2.49. The number of furan rings is 1. The van der Waals surface area contributed by atoms with Crippen LogP contribution >= 0.6 is 11.6 Å². The van der Waals surface area contributed by atoms with E-state index in [0.717, 1.165) is 22.3 Å². The van der Waals surface area contributed by atoms with Gasteiger partial charge >= 0.3 is 0 Å². The smallest absolute Gasteiger partial charge is 0.289 e. The van der Waals surface area contributed by atoms with Crippen LogP contribution < -0.4 is 10.2 Å². The van der Waals surface area contributed by atoms with Crippen molar-refractivity contribution >= 4 is 40.2 Å². The molecule has 1 aliphatic heterocycles. The lowest BCUT2D eigenvalue weighted by atomic mass is 10.2. The van der Waals surface area contributed by atoms with Crippen LogP contribution in [-0.4, -0.2) is 51.9 Å². The number of carbonyl (C=O) groups is 1. The van der Waals surface area contributed by atoms with E-state index in [2.05, 4.69) is 25.2 Å². The third kappa shape index (κ3) is 4.09. The van der Waals surface area contributed by atoms with Gasteiger partial charge in [-0.15, -0.1) is 0 Å². The number of amides is 1. The number of piperazine rings is 1. The number of nitrogens with one attached hydrogen (secondary N) is 1. The highest BCUT2D eigenvalue weighted by atomic mass is 35.5. The molecule has 0 bridgehead atoms. The summed E-state index contributed by atoms with van der Waals surface area (Å²) in [5.41, 5.74) is 1.79. The summed E-state index contributed by atoms with van der Waals surface area (Å²) >= 11 is 6.23. The molecule has 1 N–H and O–H groups in total. The third-order valence-corrected chi connectivity index (χ3v) is 5.85. The molecule has 1 aromatic carbocycles. The van der Waals surface area contributed by atoms with Crippen LogP contribution in [0.3, 0.4) is 0 Å². The van der Waals surface area contributed by atoms with E-state index in [9.17, 15) is 4.79 Å². The zero-order valence-electron chi connectivity index (χ0n) is 17.2. The van der Waals surface area contributed by atoms with Crippen molar-refractivity contribution in [1.82, 2.24) is 19.9 Å². The maximum absolute atomic E-state index is 12.5. The molecule has 0 unspecified atom stereocenters. The second-order valence-corrected chi connectivity index (χ2v) is 7.87. The molecule has 162 valence electrons. The normalized spacial score (nSPS) is 14.0. The average Bonchev–Trinajstić information content (AvgIpc) is 3.38. The van der Waals surface area contributed by atoms with Gasteiger partial charge in [0, 0.05) is 50.1 Å². The predicted octanol–water partition coefficient (Wildman–Crippen LogP) is 3.85. The summed E-state index contributed by atoms with van der Waals surface area (Å²) in [5, 5.41) is 4.81. The van der Waals surface area contributed by atoms with Gasteiger partial charge in [0.25, 0.3) is 5.91 Å². The molecule has 4 aromatic rings. The van der Waals surface area contributed by atoms with E-state index in [0.29, 0.717) is 49.5 Å². The van der Waals surface area contributed by atoms with Gasteiger partial charge in [-0.2, -0.15) is 0 Å². The minimum atomic E-state index is -0.0851. The number of nitrogens with zero attached hydrogens (tertiary/aromatic N) is 5. The van der Waals surface area contributed by atoms with Gasteiger partial charge in [-0.25, -0.2) is 15.0 Å². The summed E-state index contributed by atoms with van der Waals surface area (Å²) in [5.74, 6) is 1.64. The van der Waals surface area contributed by atoms with Crippen molar-refractivity contribution in [2.45, 2.75) is 6.54 Å². The Bertz CT molecular complexity index is 1240. The Morgan fingerprint density at radius 1 is 1.06 bits per heavy atom. The molecule has 1 amide bonds. The van der Waals surface area contributed by atoms with Gasteiger partial charge < -0.3 is 19.5 Å². The summed E-state index contributed by atoms with van der Waals surface area (Å²) in [6.07, 6.45) is 5.06. The topological polar surface area (TPSA) is 87.4 Å². The Hall–Kier alpha value is -3.65. The highest BCUT2D eigenvalue weighted by Crippen LogP contribution is 2.25. The SMILES string of the molecule is O=C(c1ccco1)N1CCN(c2nccc3nc(NCc4ccccc4Cl)ncc23)CC1. The number of benzene rings is 1. The Kier molecular flexibility index (Phi) is 5.60. The molecule has 0 spiro atoms. The second kappa shape index (κ2) is 8.84. The van der Waals surface area contributed by atoms with Gasteiger partial charge in [-0.1, -0.05) is 29.8 Å². The Labute approximate surface area is 189 Å². The third-order valence-electron chi connectivity index (χ3n) is 5.48. The fraction of sp³-hybridized carbons (Fsp3) is 0.217. The molecule has 8 nitrogen and oxygen atoms in total. The van der Waals surface area contributed by atoms with Crippen LogP contribution in [0, 0.1) is 0 Å². The highest BCUT2D eigenvalue weighted by Gasteiger charge is 2.25. The molecule has 32 heavy (non-hydrogen) atoms. The van der Waals surface area contributed by atoms with Crippen molar-refractivity contribution in [3.8, 4) is 0 Å². The fourth-order valence-electron chi connectivity index (χ4n) is 3.77. The van der Waals surface area contributed by atoms with E-state index in [1.165, 1.54) is 6.26 Å². The minimum Gasteiger partial charge on any atom is -0.459 e. The maximum Gasteiger partial charge on any atom is 0.289 e. The van der Waals surface area contributed by atoms with E-state index in [1.807, 2.05) is 30.3 Å². The van der Waals surface area contributed by atoms with Crippen molar-refractivity contribution in [2.24, 2.45) is 0 Å². The number of rotatable bonds is 5. The predicted molar refractivity (Wildman–Crippen MR) is 123 cm³/mol. The van der Waals surface area contributed by atoms with Crippen molar-refractivity contribution < 1.29 is 9.21 Å². The van der Waals surface area contributed by atoms with Gasteiger partial charge in [0.15, 0.2) is 5.76 Å². The summed E-state index contributed by atoms with van der Waals surface area (Å²) in [7, 11) is 0. The molecular weight excluding hydrogens is 428 g/mol. The van der Waals surface area contributed by atoms with E-state index >= 15 is 0 Å². The van der Waals surface area contributed by atoms with Gasteiger partial charge in [-0.3, -0.25) is 4.79 Å². The first-order valence-electron chi connectivity index (χ1n) is 10.4. The summed E-state index contributed by atoms with van der Waals surface area (Å²) in [4.78, 5) is 30.2. The van der Waals surface area contributed by atoms with Gasteiger partial charge in [0.2, 0.25) is 5.95 Å². The van der Waals surface area contributed by atoms with Crippen molar-refractivity contribution in [1.29, 1.82) is 0 Å². The standard InChI is InChI=1S/C23H21ClN6O2/c24-18-5-2-1-4-16(18)14-26-23-27-15-17-19(28-23)7-8-25-21(17)29-9-11-30(12-10-29)22(31)20-6-3-13-32-20/h1-8,13,15H,9-12,14H2,(H,26,27,28). The van der Waals surface area contributed by atoms with E-state index in [-0.39, 0.29) is 5.91 Å². The van der Waals surface area contributed by atoms with Crippen LogP contribution in [-0.2, 0) is 6.54 Å². The number of aromatic nitrogens is 3. The van der Waals surface area contributed by atoms with Gasteiger partial charge in [0.1, 0.15) is 5.82 Å². The molecule has 0 aliphatic carbocycles. The molecule has 9 heteroatoms. The first kappa shape index (κ1) is 20.3. The summed E-state index contributed by atoms with van der Waals surface area (Å²) in [6.45, 7) is 3.07. The first-order valence-corrected chi connectivity index (χ1v) is 10.7. The van der Waals surface area contributed by atoms with Crippen LogP contribution in [0.15, 0.2) is 65.5 Å². The molecular formula is C23H21ClN6O2. The van der Waals surface area contributed by atoms with Crippen molar-refractivity contribution in [3.05, 3.63) is 77.5 Å². The lowest BCUT2D eigenvalue weighted by Gasteiger charge is -2.35. The number of halogens is 1. The largest absolute Gasteiger partial charge is 0.459 e. The number of hydrogen-bond donors (Lipinski definition) is 1. The molecule has 5 rings (SSSR count). The molecule has 1 aliphatic rings. The maximum atomic E-state index is 12.5. The van der Waals surface area contributed by atoms with Crippen LogP contribution in [0.4, 0.5) is 11.8 Å². The Morgan fingerprint density at radius 2 is 1.91 bits per heavy atom. The van der Waals surface area contributed by atoms with Crippen LogP contribution in [0.1, 0.15) is 16.1 Å². The number of carbonyl (C=O) groups excluding carboxylic acids is 1. The van der Waals surface area contributed by atoms with E-state index in [4.69, 9.17) is 16.0 Å². The zero-order chi connectivity index (χ0) is 21.9. The van der Waals surface area contributed by atoms with Crippen molar-refractivity contribution in [3.63, 3.8) is 0 Å². The molecule has 0 radical (unpaired) electrons. The monoisotopic (exact) mass is 448 g/mol. The highest BCUT2D eigenvalue weighted by molar-refractivity contribution is 6.31. The Balaban J connectivity index is 1.29. The molecule has 0 saturated carbocycles. The average molecular weight is 449 g/mol. The molecule has 0 atom stereocenters. The van der Waals surface area contributed by atoms with Crippen LogP contribution in [0.5, 0.6) is 0 Å². The number of fused-ring (bicyclic) bond motifs is 1. The molecule has 4 heterocycles. The van der Waals surface area contributed by atoms with Crippen molar-refractivity contribution in [2.75, 3.05) is 36.4 Å². The quantitative estimate of drug-likeness (QED) is 0.496. The van der Waals surface area contributed by atoms with Crippen LogP contribution in [0.25, 0.3) is 10.9 Å². The molecule has 1 saturated heterocycles. The fourth-order valence-corrected chi connectivity index (χ4v) is 3.98. The second-order valence-electron chi connectivity index (χ2n) is 7.46.